The third kappa shape index (κ3) is 9.19. The molecule has 2 rings (SSSR count). The maximum Gasteiger partial charge on any atom is 0.191 e. The topological polar surface area (TPSA) is 52.1 Å². The minimum atomic E-state index is 0.472. The van der Waals surface area contributed by atoms with E-state index in [1.807, 2.05) is 0 Å². The Morgan fingerprint density at radius 1 is 1.00 bits per heavy atom. The lowest BCUT2D eigenvalue weighted by molar-refractivity contribution is 0.0468. The standard InChI is InChI=1S/C20H41N5O/c1-3-21-20(22-11-15-25-14-8-13-24(2)16-17-25)23-12-18-26-19-9-6-4-5-7-10-19/h19H,3-18H2,1-2H3,(H2,21,22,23). The van der Waals surface area contributed by atoms with E-state index in [1.165, 1.54) is 64.6 Å². The van der Waals surface area contributed by atoms with Crippen LogP contribution in [0.1, 0.15) is 51.9 Å². The fourth-order valence-electron chi connectivity index (χ4n) is 3.77. The van der Waals surface area contributed by atoms with Gasteiger partial charge in [0.1, 0.15) is 0 Å². The van der Waals surface area contributed by atoms with Crippen molar-refractivity contribution in [3.63, 3.8) is 0 Å². The van der Waals surface area contributed by atoms with E-state index in [0.29, 0.717) is 6.10 Å². The number of ether oxygens (including phenoxy) is 1. The van der Waals surface area contributed by atoms with Crippen molar-refractivity contribution in [2.24, 2.45) is 4.99 Å². The summed E-state index contributed by atoms with van der Waals surface area (Å²) in [5, 5.41) is 6.76. The molecule has 6 nitrogen and oxygen atoms in total. The van der Waals surface area contributed by atoms with Gasteiger partial charge in [-0.05, 0) is 46.3 Å². The van der Waals surface area contributed by atoms with Crippen molar-refractivity contribution >= 4 is 5.96 Å². The number of likely N-dealkylation sites (N-methyl/N-ethyl adjacent to an activating group) is 1. The summed E-state index contributed by atoms with van der Waals surface area (Å²) in [5.41, 5.74) is 0. The second kappa shape index (κ2) is 13.3. The van der Waals surface area contributed by atoms with Crippen LogP contribution in [-0.2, 0) is 4.74 Å². The third-order valence-corrected chi connectivity index (χ3v) is 5.39. The van der Waals surface area contributed by atoms with Crippen molar-refractivity contribution in [1.29, 1.82) is 0 Å². The fourth-order valence-corrected chi connectivity index (χ4v) is 3.77. The molecule has 152 valence electrons. The van der Waals surface area contributed by atoms with Crippen LogP contribution in [0.4, 0.5) is 0 Å². The van der Waals surface area contributed by atoms with E-state index >= 15 is 0 Å². The lowest BCUT2D eigenvalue weighted by Gasteiger charge is -2.19. The zero-order chi connectivity index (χ0) is 18.5. The first-order valence-electron chi connectivity index (χ1n) is 10.8. The molecule has 0 unspecified atom stereocenters. The highest BCUT2D eigenvalue weighted by Crippen LogP contribution is 2.19. The molecule has 1 aliphatic carbocycles. The number of hydrogen-bond acceptors (Lipinski definition) is 4. The van der Waals surface area contributed by atoms with Gasteiger partial charge >= 0.3 is 0 Å². The molecule has 0 amide bonds. The van der Waals surface area contributed by atoms with E-state index in [9.17, 15) is 0 Å². The molecule has 0 aromatic heterocycles. The smallest absolute Gasteiger partial charge is 0.191 e. The van der Waals surface area contributed by atoms with E-state index in [1.54, 1.807) is 0 Å². The van der Waals surface area contributed by atoms with Crippen LogP contribution in [0, 0.1) is 0 Å². The average molecular weight is 368 g/mol. The number of rotatable bonds is 8. The monoisotopic (exact) mass is 367 g/mol. The van der Waals surface area contributed by atoms with Crippen molar-refractivity contribution in [1.82, 2.24) is 20.4 Å². The minimum absolute atomic E-state index is 0.472. The summed E-state index contributed by atoms with van der Waals surface area (Å²) in [7, 11) is 2.21. The molecule has 0 atom stereocenters. The highest BCUT2D eigenvalue weighted by Gasteiger charge is 2.13. The number of nitrogens with one attached hydrogen (secondary N) is 2. The lowest BCUT2D eigenvalue weighted by Crippen LogP contribution is -2.40. The van der Waals surface area contributed by atoms with Gasteiger partial charge in [0, 0.05) is 32.7 Å². The Labute approximate surface area is 160 Å². The molecule has 2 N–H and O–H groups in total. The van der Waals surface area contributed by atoms with Crippen LogP contribution in [0.15, 0.2) is 4.99 Å². The summed E-state index contributed by atoms with van der Waals surface area (Å²) in [4.78, 5) is 9.69. The Bertz CT molecular complexity index is 382. The first-order valence-corrected chi connectivity index (χ1v) is 10.8. The molecule has 1 aliphatic heterocycles. The minimum Gasteiger partial charge on any atom is -0.376 e. The molecule has 0 aromatic carbocycles. The molecule has 0 spiro atoms. The molecule has 2 fully saturated rings. The molecule has 1 saturated heterocycles. The highest BCUT2D eigenvalue weighted by atomic mass is 16.5. The number of aliphatic imine (C=N–C) groups is 1. The van der Waals surface area contributed by atoms with Crippen molar-refractivity contribution in [2.45, 2.75) is 58.0 Å². The zero-order valence-electron chi connectivity index (χ0n) is 17.1. The van der Waals surface area contributed by atoms with Crippen LogP contribution < -0.4 is 10.6 Å². The molecular formula is C20H41N5O. The summed E-state index contributed by atoms with van der Waals surface area (Å²) >= 11 is 0. The van der Waals surface area contributed by atoms with Gasteiger partial charge < -0.3 is 25.2 Å². The largest absolute Gasteiger partial charge is 0.376 e. The van der Waals surface area contributed by atoms with Gasteiger partial charge in [0.15, 0.2) is 5.96 Å². The molecule has 0 radical (unpaired) electrons. The second-order valence-electron chi connectivity index (χ2n) is 7.67. The average Bonchev–Trinajstić information content (AvgIpc) is 3.01. The van der Waals surface area contributed by atoms with Gasteiger partial charge in [-0.25, -0.2) is 0 Å². The summed E-state index contributed by atoms with van der Waals surface area (Å²) in [6.45, 7) is 11.2. The van der Waals surface area contributed by atoms with Crippen molar-refractivity contribution in [3.05, 3.63) is 0 Å². The summed E-state index contributed by atoms with van der Waals surface area (Å²) in [6, 6.07) is 0. The Morgan fingerprint density at radius 2 is 1.81 bits per heavy atom. The van der Waals surface area contributed by atoms with Gasteiger partial charge in [0.25, 0.3) is 0 Å². The van der Waals surface area contributed by atoms with Crippen LogP contribution in [0.2, 0.25) is 0 Å². The van der Waals surface area contributed by atoms with Gasteiger partial charge in [-0.3, -0.25) is 4.99 Å². The molecule has 6 heteroatoms. The normalized spacial score (nSPS) is 22.0. The molecule has 0 aromatic rings. The van der Waals surface area contributed by atoms with Crippen molar-refractivity contribution in [3.8, 4) is 0 Å². The van der Waals surface area contributed by atoms with Gasteiger partial charge in [-0.1, -0.05) is 25.7 Å². The molecule has 2 aliphatic rings. The van der Waals surface area contributed by atoms with Gasteiger partial charge in [0.2, 0.25) is 0 Å². The highest BCUT2D eigenvalue weighted by molar-refractivity contribution is 5.79. The van der Waals surface area contributed by atoms with Gasteiger partial charge in [-0.15, -0.1) is 0 Å². The van der Waals surface area contributed by atoms with E-state index in [4.69, 9.17) is 9.73 Å². The molecule has 26 heavy (non-hydrogen) atoms. The predicted octanol–water partition coefficient (Wildman–Crippen LogP) is 1.92. The van der Waals surface area contributed by atoms with Crippen molar-refractivity contribution in [2.75, 3.05) is 66.0 Å². The molecule has 1 heterocycles. The maximum atomic E-state index is 6.06. The SMILES string of the molecule is CCNC(=NCCN1CCCN(C)CC1)NCCOC1CCCCCC1. The Kier molecular flexibility index (Phi) is 11.0. The van der Waals surface area contributed by atoms with Crippen LogP contribution in [0.25, 0.3) is 0 Å². The van der Waals surface area contributed by atoms with Crippen LogP contribution in [0.5, 0.6) is 0 Å². The Hall–Kier alpha value is -0.850. The van der Waals surface area contributed by atoms with E-state index < -0.39 is 0 Å². The second-order valence-corrected chi connectivity index (χ2v) is 7.67. The van der Waals surface area contributed by atoms with Crippen LogP contribution >= 0.6 is 0 Å². The van der Waals surface area contributed by atoms with E-state index in [0.717, 1.165) is 45.3 Å². The summed E-state index contributed by atoms with van der Waals surface area (Å²) in [6.07, 6.45) is 9.61. The molecule has 1 saturated carbocycles. The predicted molar refractivity (Wildman–Crippen MR) is 110 cm³/mol. The van der Waals surface area contributed by atoms with Crippen LogP contribution in [-0.4, -0.2) is 87.9 Å². The lowest BCUT2D eigenvalue weighted by atomic mass is 10.1. The summed E-state index contributed by atoms with van der Waals surface area (Å²) < 4.78 is 6.06. The van der Waals surface area contributed by atoms with E-state index in [-0.39, 0.29) is 0 Å². The fraction of sp³-hybridized carbons (Fsp3) is 0.950. The Morgan fingerprint density at radius 3 is 2.58 bits per heavy atom. The zero-order valence-corrected chi connectivity index (χ0v) is 17.1. The third-order valence-electron chi connectivity index (χ3n) is 5.39. The number of nitrogens with zero attached hydrogens (tertiary/aromatic N) is 3. The molecule has 0 bridgehead atoms. The number of hydrogen-bond donors (Lipinski definition) is 2. The number of guanidine groups is 1. The quantitative estimate of drug-likeness (QED) is 0.297. The first-order chi connectivity index (χ1) is 12.8. The van der Waals surface area contributed by atoms with Crippen LogP contribution in [0.3, 0.4) is 0 Å². The van der Waals surface area contributed by atoms with Gasteiger partial charge in [0.05, 0.1) is 19.3 Å². The summed E-state index contributed by atoms with van der Waals surface area (Å²) in [5.74, 6) is 0.920. The van der Waals surface area contributed by atoms with E-state index in [2.05, 4.69) is 34.4 Å². The van der Waals surface area contributed by atoms with Crippen molar-refractivity contribution < 1.29 is 4.74 Å². The Balaban J connectivity index is 1.62. The van der Waals surface area contributed by atoms with Gasteiger partial charge in [-0.2, -0.15) is 0 Å². The first kappa shape index (κ1) is 21.5. The maximum absolute atomic E-state index is 6.06. The molecular weight excluding hydrogens is 326 g/mol.